The first-order chi connectivity index (χ1) is 3.06. The molecule has 46 valence electrons. The molecule has 0 aromatic heterocycles. The van der Waals surface area contributed by atoms with Gasteiger partial charge >= 0.3 is 26.5 Å². The van der Waals surface area contributed by atoms with Gasteiger partial charge < -0.3 is 14.5 Å². The van der Waals surface area contributed by atoms with Crippen molar-refractivity contribution in [3.8, 4) is 0 Å². The number of hydrogen-bond acceptors (Lipinski definition) is 2. The van der Waals surface area contributed by atoms with Gasteiger partial charge in [0, 0.05) is 7.11 Å². The van der Waals surface area contributed by atoms with Gasteiger partial charge in [0.2, 0.25) is 0 Å². The van der Waals surface area contributed by atoms with Crippen LogP contribution in [0, 0.1) is 0 Å². The number of ether oxygens (including phenoxy) is 1. The fraction of sp³-hybridized carbons (Fsp3) is 1.00. The molecule has 0 rings (SSSR count). The van der Waals surface area contributed by atoms with E-state index in [4.69, 9.17) is 9.79 Å². The summed E-state index contributed by atoms with van der Waals surface area (Å²) in [4.78, 5) is 16.0. The molecular formula is C2H8LiO4P. The quantitative estimate of drug-likeness (QED) is 0.380. The minimum atomic E-state index is -3.89. The van der Waals surface area contributed by atoms with Crippen LogP contribution in [0.4, 0.5) is 0 Å². The van der Waals surface area contributed by atoms with Crippen LogP contribution in [0.1, 0.15) is 0 Å². The van der Waals surface area contributed by atoms with Gasteiger partial charge in [-0.2, -0.15) is 0 Å². The molecule has 0 fully saturated rings. The van der Waals surface area contributed by atoms with E-state index >= 15 is 0 Å². The van der Waals surface area contributed by atoms with Gasteiger partial charge in [-0.25, -0.2) is 0 Å². The van der Waals surface area contributed by atoms with Gasteiger partial charge in [0.25, 0.3) is 0 Å². The second-order valence-corrected chi connectivity index (χ2v) is 2.67. The van der Waals surface area contributed by atoms with E-state index < -0.39 is 13.9 Å². The van der Waals surface area contributed by atoms with Crippen LogP contribution in [0.2, 0.25) is 0 Å². The molecule has 2 N–H and O–H groups in total. The minimum absolute atomic E-state index is 0. The summed E-state index contributed by atoms with van der Waals surface area (Å²) in [6.07, 6.45) is -0.493. The van der Waals surface area contributed by atoms with Crippen LogP contribution in [0.5, 0.6) is 0 Å². The molecule has 0 spiro atoms. The van der Waals surface area contributed by atoms with Gasteiger partial charge in [0.1, 0.15) is 6.35 Å². The van der Waals surface area contributed by atoms with Crippen molar-refractivity contribution in [2.45, 2.75) is 0 Å². The van der Waals surface area contributed by atoms with Gasteiger partial charge in [-0.1, -0.05) is 0 Å². The Kier molecular flexibility index (Phi) is 6.57. The summed E-state index contributed by atoms with van der Waals surface area (Å²) in [6, 6.07) is 0. The Hall–Kier alpha value is 0.707. The molecule has 0 aromatic rings. The first kappa shape index (κ1) is 11.5. The number of rotatable bonds is 2. The van der Waals surface area contributed by atoms with Gasteiger partial charge in [-0.15, -0.1) is 0 Å². The summed E-state index contributed by atoms with van der Waals surface area (Å²) in [5.41, 5.74) is 0. The average Bonchev–Trinajstić information content (AvgIpc) is 1.30. The van der Waals surface area contributed by atoms with Gasteiger partial charge in [-0.3, -0.25) is 4.57 Å². The Labute approximate surface area is 59.6 Å². The van der Waals surface area contributed by atoms with E-state index in [1.54, 1.807) is 0 Å². The molecule has 0 radical (unpaired) electrons. The van der Waals surface area contributed by atoms with E-state index in [1.165, 1.54) is 7.11 Å². The van der Waals surface area contributed by atoms with Crippen LogP contribution in [0.25, 0.3) is 0 Å². The SMILES string of the molecule is COCP(=O)(O)O.[LiH]. The zero-order valence-corrected chi connectivity index (χ0v) is 4.76. The molecule has 0 aliphatic rings. The van der Waals surface area contributed by atoms with Crippen molar-refractivity contribution in [1.82, 2.24) is 0 Å². The first-order valence-corrected chi connectivity index (χ1v) is 3.39. The van der Waals surface area contributed by atoms with E-state index in [2.05, 4.69) is 4.74 Å². The molecular weight excluding hydrogens is 126 g/mol. The first-order valence-electron chi connectivity index (χ1n) is 1.60. The fourth-order valence-corrected chi connectivity index (χ4v) is 0.505. The summed E-state index contributed by atoms with van der Waals surface area (Å²) in [6.45, 7) is 0. The molecule has 0 saturated heterocycles. The standard InChI is InChI=1S/C2H7O4P.Li.H/c1-6-2-7(3,4)5;;/h2H2,1H3,(H2,3,4,5);;. The molecule has 0 atom stereocenters. The Balaban J connectivity index is 0. The van der Waals surface area contributed by atoms with Crippen molar-refractivity contribution in [3.05, 3.63) is 0 Å². The zero-order chi connectivity index (χ0) is 5.91. The van der Waals surface area contributed by atoms with Crippen molar-refractivity contribution in [2.75, 3.05) is 13.5 Å². The van der Waals surface area contributed by atoms with E-state index in [0.29, 0.717) is 0 Å². The molecule has 0 amide bonds. The summed E-state index contributed by atoms with van der Waals surface area (Å²) >= 11 is 0. The van der Waals surface area contributed by atoms with E-state index in [1.807, 2.05) is 0 Å². The Bertz CT molecular complexity index is 88.0. The topological polar surface area (TPSA) is 66.8 Å². The molecule has 6 heteroatoms. The van der Waals surface area contributed by atoms with Crippen molar-refractivity contribution < 1.29 is 19.1 Å². The van der Waals surface area contributed by atoms with Gasteiger partial charge in [-0.05, 0) is 0 Å². The normalized spacial score (nSPS) is 10.4. The Morgan fingerprint density at radius 2 is 2.00 bits per heavy atom. The molecule has 0 unspecified atom stereocenters. The van der Waals surface area contributed by atoms with E-state index in [9.17, 15) is 4.57 Å². The van der Waals surface area contributed by atoms with Gasteiger partial charge in [0.15, 0.2) is 0 Å². The van der Waals surface area contributed by atoms with Crippen molar-refractivity contribution in [3.63, 3.8) is 0 Å². The fourth-order valence-electron chi connectivity index (χ4n) is 0.168. The monoisotopic (exact) mass is 134 g/mol. The maximum atomic E-state index is 9.80. The van der Waals surface area contributed by atoms with Crippen LogP contribution in [0.3, 0.4) is 0 Å². The summed E-state index contributed by atoms with van der Waals surface area (Å²) in [5.74, 6) is 0. The average molecular weight is 134 g/mol. The van der Waals surface area contributed by atoms with E-state index in [0.717, 1.165) is 0 Å². The van der Waals surface area contributed by atoms with Crippen molar-refractivity contribution in [2.24, 2.45) is 0 Å². The predicted octanol–water partition coefficient (Wildman–Crippen LogP) is -0.881. The Morgan fingerprint density at radius 3 is 2.00 bits per heavy atom. The molecule has 0 heterocycles. The predicted molar refractivity (Wildman–Crippen MR) is 31.1 cm³/mol. The molecule has 4 nitrogen and oxygen atoms in total. The number of methoxy groups -OCH3 is 1. The van der Waals surface area contributed by atoms with Crippen LogP contribution in [-0.2, 0) is 9.30 Å². The summed E-state index contributed by atoms with van der Waals surface area (Å²) in [5, 5.41) is 0. The van der Waals surface area contributed by atoms with Gasteiger partial charge in [0.05, 0.1) is 0 Å². The molecule has 0 aromatic carbocycles. The van der Waals surface area contributed by atoms with Crippen LogP contribution in [0.15, 0.2) is 0 Å². The second-order valence-electron chi connectivity index (χ2n) is 1.08. The second kappa shape index (κ2) is 4.57. The molecule has 0 saturated carbocycles. The molecule has 0 aliphatic heterocycles. The molecule has 8 heavy (non-hydrogen) atoms. The third-order valence-corrected chi connectivity index (χ3v) is 0.892. The van der Waals surface area contributed by atoms with E-state index in [-0.39, 0.29) is 18.9 Å². The van der Waals surface area contributed by atoms with Crippen LogP contribution in [-0.4, -0.2) is 42.1 Å². The third kappa shape index (κ3) is 9.86. The third-order valence-electron chi connectivity index (χ3n) is 0.297. The molecule has 0 bridgehead atoms. The maximum absolute atomic E-state index is 9.80. The van der Waals surface area contributed by atoms with Crippen molar-refractivity contribution >= 4 is 26.5 Å². The summed E-state index contributed by atoms with van der Waals surface area (Å²) < 4.78 is 13.9. The summed E-state index contributed by atoms with van der Waals surface area (Å²) in [7, 11) is -2.65. The number of hydrogen-bond donors (Lipinski definition) is 2. The molecule has 0 aliphatic carbocycles. The zero-order valence-electron chi connectivity index (χ0n) is 3.87. The van der Waals surface area contributed by atoms with Crippen molar-refractivity contribution in [1.29, 1.82) is 0 Å². The van der Waals surface area contributed by atoms with Crippen LogP contribution >= 0.6 is 7.60 Å². The van der Waals surface area contributed by atoms with Crippen LogP contribution < -0.4 is 0 Å². The Morgan fingerprint density at radius 1 is 1.62 bits per heavy atom.